The first-order chi connectivity index (χ1) is 20.4. The maximum atomic E-state index is 13.4. The zero-order valence-corrected chi connectivity index (χ0v) is 24.9. The smallest absolute Gasteiger partial charge is 0.406 e. The van der Waals surface area contributed by atoms with Gasteiger partial charge in [0.2, 0.25) is 0 Å². The van der Waals surface area contributed by atoms with Crippen molar-refractivity contribution >= 4 is 32.5 Å². The van der Waals surface area contributed by atoms with E-state index in [0.29, 0.717) is 23.6 Å². The van der Waals surface area contributed by atoms with Crippen molar-refractivity contribution in [2.75, 3.05) is 58.6 Å². The van der Waals surface area contributed by atoms with Gasteiger partial charge < -0.3 is 29.6 Å². The minimum absolute atomic E-state index is 0.0621. The van der Waals surface area contributed by atoms with E-state index in [1.165, 1.54) is 37.4 Å². The maximum absolute atomic E-state index is 13.4. The van der Waals surface area contributed by atoms with Crippen LogP contribution in [0.15, 0.2) is 41.6 Å². The number of piperidine rings is 1. The molecule has 1 fully saturated rings. The molecule has 0 atom stereocenters. The summed E-state index contributed by atoms with van der Waals surface area (Å²) in [6.07, 6.45) is -0.856. The molecule has 1 aliphatic heterocycles. The second kappa shape index (κ2) is 13.7. The van der Waals surface area contributed by atoms with Crippen LogP contribution in [0.1, 0.15) is 28.8 Å². The molecule has 0 bridgehead atoms. The van der Waals surface area contributed by atoms with E-state index in [4.69, 9.17) is 9.47 Å². The standard InChI is InChI=1S/C29H34F3N5O5S/c1-41-14-13-36-11-8-21(9-12-36)35-28(38)23-15-20(16-25-27(23)34-19-37(25)18-29(30,31)32)5-4-10-33-24-17-22(43(3,39)40)6-7-26(24)42-2/h6-7,15-17,19,21,33H,8-14,18H2,1-3H3,(H,35,38). The number of ether oxygens (including phenoxy) is 2. The number of hydrogen-bond donors (Lipinski definition) is 2. The second-order valence-corrected chi connectivity index (χ2v) is 12.3. The maximum Gasteiger partial charge on any atom is 0.406 e. The zero-order valence-electron chi connectivity index (χ0n) is 24.1. The summed E-state index contributed by atoms with van der Waals surface area (Å²) in [5.41, 5.74) is 1.17. The van der Waals surface area contributed by atoms with Crippen LogP contribution >= 0.6 is 0 Å². The Bertz CT molecular complexity index is 1620. The van der Waals surface area contributed by atoms with Crippen LogP contribution < -0.4 is 15.4 Å². The third-order valence-electron chi connectivity index (χ3n) is 7.05. The molecule has 0 aliphatic carbocycles. The van der Waals surface area contributed by atoms with Crippen molar-refractivity contribution in [2.45, 2.75) is 36.5 Å². The number of fused-ring (bicyclic) bond motifs is 1. The molecule has 1 aromatic heterocycles. The molecule has 43 heavy (non-hydrogen) atoms. The number of rotatable bonds is 10. The molecule has 3 aromatic rings. The molecule has 0 unspecified atom stereocenters. The number of carbonyl (C=O) groups is 1. The van der Waals surface area contributed by atoms with Gasteiger partial charge in [-0.05, 0) is 43.2 Å². The number of methoxy groups -OCH3 is 2. The number of benzene rings is 2. The van der Waals surface area contributed by atoms with Crippen molar-refractivity contribution in [3.05, 3.63) is 47.8 Å². The highest BCUT2D eigenvalue weighted by Crippen LogP contribution is 2.28. The summed E-state index contributed by atoms with van der Waals surface area (Å²) in [5.74, 6) is 5.77. The number of amides is 1. The van der Waals surface area contributed by atoms with Crippen molar-refractivity contribution in [3.8, 4) is 17.6 Å². The highest BCUT2D eigenvalue weighted by Gasteiger charge is 2.29. The number of aromatic nitrogens is 2. The number of alkyl halides is 3. The molecule has 1 saturated heterocycles. The fourth-order valence-corrected chi connectivity index (χ4v) is 5.50. The minimum atomic E-state index is -4.49. The van der Waals surface area contributed by atoms with Crippen molar-refractivity contribution in [2.24, 2.45) is 0 Å². The van der Waals surface area contributed by atoms with E-state index >= 15 is 0 Å². The topological polar surface area (TPSA) is 115 Å². The lowest BCUT2D eigenvalue weighted by Crippen LogP contribution is -2.45. The highest BCUT2D eigenvalue weighted by molar-refractivity contribution is 7.90. The Hall–Kier alpha value is -3.80. The van der Waals surface area contributed by atoms with Crippen LogP contribution in [0.5, 0.6) is 5.75 Å². The average Bonchev–Trinajstić information content (AvgIpc) is 3.34. The lowest BCUT2D eigenvalue weighted by Gasteiger charge is -2.32. The van der Waals surface area contributed by atoms with E-state index in [1.54, 1.807) is 7.11 Å². The summed E-state index contributed by atoms with van der Waals surface area (Å²) in [4.78, 5) is 19.9. The van der Waals surface area contributed by atoms with Gasteiger partial charge in [0.05, 0.1) is 48.3 Å². The van der Waals surface area contributed by atoms with Crippen LogP contribution in [0.25, 0.3) is 11.0 Å². The Balaban J connectivity index is 1.57. The van der Waals surface area contributed by atoms with Crippen molar-refractivity contribution in [3.63, 3.8) is 0 Å². The summed E-state index contributed by atoms with van der Waals surface area (Å²) >= 11 is 0. The third-order valence-corrected chi connectivity index (χ3v) is 8.16. The summed E-state index contributed by atoms with van der Waals surface area (Å²) in [7, 11) is -0.356. The number of carbonyl (C=O) groups excluding carboxylic acids is 1. The van der Waals surface area contributed by atoms with Crippen LogP contribution in [0.3, 0.4) is 0 Å². The highest BCUT2D eigenvalue weighted by atomic mass is 32.2. The summed E-state index contributed by atoms with van der Waals surface area (Å²) < 4.78 is 75.1. The summed E-state index contributed by atoms with van der Waals surface area (Å²) in [6.45, 7) is 1.81. The zero-order chi connectivity index (χ0) is 31.2. The van der Waals surface area contributed by atoms with Gasteiger partial charge in [0.25, 0.3) is 5.91 Å². The van der Waals surface area contributed by atoms with Gasteiger partial charge in [0.1, 0.15) is 17.8 Å². The van der Waals surface area contributed by atoms with Gasteiger partial charge in [-0.25, -0.2) is 13.4 Å². The molecule has 2 N–H and O–H groups in total. The second-order valence-electron chi connectivity index (χ2n) is 10.3. The van der Waals surface area contributed by atoms with Crippen molar-refractivity contribution in [1.29, 1.82) is 0 Å². The van der Waals surface area contributed by atoms with Gasteiger partial charge in [-0.3, -0.25) is 4.79 Å². The molecule has 0 radical (unpaired) electrons. The quantitative estimate of drug-likeness (QED) is 0.332. The number of anilines is 1. The predicted molar refractivity (Wildman–Crippen MR) is 156 cm³/mol. The van der Waals surface area contributed by atoms with E-state index in [2.05, 4.69) is 32.4 Å². The first-order valence-corrected chi connectivity index (χ1v) is 15.5. The number of sulfone groups is 1. The first kappa shape index (κ1) is 32.1. The Morgan fingerprint density at radius 3 is 2.56 bits per heavy atom. The van der Waals surface area contributed by atoms with Gasteiger partial charge in [-0.15, -0.1) is 0 Å². The number of hydrogen-bond acceptors (Lipinski definition) is 8. The number of halogens is 3. The van der Waals surface area contributed by atoms with Crippen LogP contribution in [-0.2, 0) is 21.1 Å². The SMILES string of the molecule is COCCN1CCC(NC(=O)c2cc(C#CCNc3cc(S(C)(=O)=O)ccc3OC)cc3c2ncn3CC(F)(F)F)CC1. The Morgan fingerprint density at radius 2 is 1.91 bits per heavy atom. The van der Waals surface area contributed by atoms with Gasteiger partial charge in [0.15, 0.2) is 9.84 Å². The molecule has 0 spiro atoms. The summed E-state index contributed by atoms with van der Waals surface area (Å²) in [6, 6.07) is 7.29. The molecular weight excluding hydrogens is 587 g/mol. The van der Waals surface area contributed by atoms with Crippen molar-refractivity contribution in [1.82, 2.24) is 19.8 Å². The van der Waals surface area contributed by atoms with Crippen molar-refractivity contribution < 1.29 is 35.9 Å². The average molecular weight is 622 g/mol. The predicted octanol–water partition coefficient (Wildman–Crippen LogP) is 3.31. The van der Waals surface area contributed by atoms with E-state index in [-0.39, 0.29) is 34.1 Å². The molecule has 1 aliphatic rings. The third kappa shape index (κ3) is 8.62. The van der Waals surface area contributed by atoms with E-state index in [9.17, 15) is 26.4 Å². The Labute approximate surface area is 248 Å². The molecule has 14 heteroatoms. The molecular formula is C29H34F3N5O5S. The lowest BCUT2D eigenvalue weighted by molar-refractivity contribution is -0.139. The van der Waals surface area contributed by atoms with Crippen LogP contribution in [-0.4, -0.2) is 94.3 Å². The lowest BCUT2D eigenvalue weighted by atomic mass is 10.0. The van der Waals surface area contributed by atoms with Gasteiger partial charge >= 0.3 is 6.18 Å². The molecule has 4 rings (SSSR count). The van der Waals surface area contributed by atoms with Gasteiger partial charge in [-0.1, -0.05) is 11.8 Å². The molecule has 0 saturated carbocycles. The monoisotopic (exact) mass is 621 g/mol. The number of likely N-dealkylation sites (tertiary alicyclic amines) is 1. The largest absolute Gasteiger partial charge is 0.495 e. The normalized spacial score (nSPS) is 14.7. The first-order valence-electron chi connectivity index (χ1n) is 13.6. The minimum Gasteiger partial charge on any atom is -0.495 e. The van der Waals surface area contributed by atoms with E-state index < -0.39 is 28.5 Å². The van der Waals surface area contributed by atoms with Crippen LogP contribution in [0.2, 0.25) is 0 Å². The molecule has 232 valence electrons. The molecule has 1 amide bonds. The fourth-order valence-electron chi connectivity index (χ4n) is 4.85. The Morgan fingerprint density at radius 1 is 1.16 bits per heavy atom. The number of nitrogens with zero attached hydrogens (tertiary/aromatic N) is 3. The molecule has 2 aromatic carbocycles. The van der Waals surface area contributed by atoms with E-state index in [1.807, 2.05) is 0 Å². The fraction of sp³-hybridized carbons (Fsp3) is 0.448. The summed E-state index contributed by atoms with van der Waals surface area (Å²) in [5, 5.41) is 6.02. The molecule has 2 heterocycles. The van der Waals surface area contributed by atoms with Crippen LogP contribution in [0.4, 0.5) is 18.9 Å². The van der Waals surface area contributed by atoms with Gasteiger partial charge in [0, 0.05) is 44.6 Å². The van der Waals surface area contributed by atoms with E-state index in [0.717, 1.165) is 49.6 Å². The number of nitrogens with one attached hydrogen (secondary N) is 2. The molecule has 10 nitrogen and oxygen atoms in total. The van der Waals surface area contributed by atoms with Crippen LogP contribution in [0, 0.1) is 11.8 Å². The Kier molecular flexibility index (Phi) is 10.2. The number of imidazole rings is 1. The van der Waals surface area contributed by atoms with Gasteiger partial charge in [-0.2, -0.15) is 13.2 Å².